The number of rotatable bonds is 0. The minimum Gasteiger partial charge on any atom is -0.358 e. The molecule has 23 heavy (non-hydrogen) atoms. The molecule has 5 rings (SSSR count). The van der Waals surface area contributed by atoms with Gasteiger partial charge in [0.1, 0.15) is 0 Å². The zero-order valence-electron chi connectivity index (χ0n) is 12.3. The van der Waals surface area contributed by atoms with Crippen LogP contribution in [0.4, 0.5) is 13.2 Å². The highest BCUT2D eigenvalue weighted by molar-refractivity contribution is 5.92. The molecule has 1 saturated heterocycles. The Bertz CT molecular complexity index is 838. The molecule has 1 aliphatic carbocycles. The molecule has 0 spiro atoms. The molecule has 1 saturated carbocycles. The summed E-state index contributed by atoms with van der Waals surface area (Å²) in [6, 6.07) is 4.01. The molecule has 0 radical (unpaired) electrons. The minimum atomic E-state index is -4.35. The predicted octanol–water partition coefficient (Wildman–Crippen LogP) is 3.45. The molecule has 3 heterocycles. The second-order valence-electron chi connectivity index (χ2n) is 7.01. The molecular formula is C17H15F3N2O. The molecule has 2 aromatic rings. The van der Waals surface area contributed by atoms with Gasteiger partial charge >= 0.3 is 6.18 Å². The van der Waals surface area contributed by atoms with Crippen LogP contribution in [0, 0.1) is 5.92 Å². The van der Waals surface area contributed by atoms with Crippen molar-refractivity contribution in [1.29, 1.82) is 0 Å². The van der Waals surface area contributed by atoms with E-state index < -0.39 is 11.7 Å². The Labute approximate surface area is 130 Å². The summed E-state index contributed by atoms with van der Waals surface area (Å²) in [7, 11) is 0. The maximum Gasteiger partial charge on any atom is 0.416 e. The molecular weight excluding hydrogens is 305 g/mol. The van der Waals surface area contributed by atoms with Crippen LogP contribution in [0.25, 0.3) is 10.9 Å². The molecule has 2 aliphatic heterocycles. The van der Waals surface area contributed by atoms with E-state index in [1.54, 1.807) is 0 Å². The summed E-state index contributed by atoms with van der Waals surface area (Å²) in [5.74, 6) is 0.899. The number of halogens is 3. The van der Waals surface area contributed by atoms with Crippen molar-refractivity contribution in [2.75, 3.05) is 6.54 Å². The van der Waals surface area contributed by atoms with Gasteiger partial charge in [-0.3, -0.25) is 4.79 Å². The van der Waals surface area contributed by atoms with Crippen LogP contribution in [-0.2, 0) is 17.4 Å². The Morgan fingerprint density at radius 2 is 2.04 bits per heavy atom. The maximum atomic E-state index is 12.9. The average Bonchev–Trinajstić information content (AvgIpc) is 3.16. The lowest BCUT2D eigenvalue weighted by Gasteiger charge is -2.30. The summed E-state index contributed by atoms with van der Waals surface area (Å²) in [6.07, 6.45) is -2.00. The summed E-state index contributed by atoms with van der Waals surface area (Å²) < 4.78 is 38.8. The van der Waals surface area contributed by atoms with Gasteiger partial charge in [0.25, 0.3) is 0 Å². The number of carbonyl (C=O) groups is 1. The molecule has 3 atom stereocenters. The van der Waals surface area contributed by atoms with Crippen LogP contribution in [0.1, 0.15) is 35.6 Å². The lowest BCUT2D eigenvalue weighted by atomic mass is 9.93. The summed E-state index contributed by atoms with van der Waals surface area (Å²) in [4.78, 5) is 17.7. The molecule has 3 nitrogen and oxygen atoms in total. The van der Waals surface area contributed by atoms with E-state index in [2.05, 4.69) is 4.98 Å². The molecule has 1 aromatic heterocycles. The Balaban J connectivity index is 1.70. The van der Waals surface area contributed by atoms with Gasteiger partial charge in [0.05, 0.1) is 12.0 Å². The Kier molecular flexibility index (Phi) is 2.40. The van der Waals surface area contributed by atoms with E-state index >= 15 is 0 Å². The van der Waals surface area contributed by atoms with E-state index in [0.29, 0.717) is 17.9 Å². The number of carbonyl (C=O) groups excluding carboxylic acids is 1. The Morgan fingerprint density at radius 1 is 1.22 bits per heavy atom. The smallest absolute Gasteiger partial charge is 0.358 e. The summed E-state index contributed by atoms with van der Waals surface area (Å²) >= 11 is 0. The lowest BCUT2D eigenvalue weighted by molar-refractivity contribution is -0.137. The van der Waals surface area contributed by atoms with Gasteiger partial charge in [-0.2, -0.15) is 13.2 Å². The van der Waals surface area contributed by atoms with Gasteiger partial charge in [-0.15, -0.1) is 0 Å². The predicted molar refractivity (Wildman–Crippen MR) is 78.0 cm³/mol. The van der Waals surface area contributed by atoms with Crippen LogP contribution in [0.3, 0.4) is 0 Å². The fraction of sp³-hybridized carbons (Fsp3) is 0.471. The van der Waals surface area contributed by atoms with Crippen molar-refractivity contribution in [3.05, 3.63) is 35.0 Å². The topological polar surface area (TPSA) is 36.1 Å². The number of benzene rings is 1. The van der Waals surface area contributed by atoms with Gasteiger partial charge in [-0.1, -0.05) is 6.07 Å². The first kappa shape index (κ1) is 13.5. The van der Waals surface area contributed by atoms with E-state index in [4.69, 9.17) is 0 Å². The first-order chi connectivity index (χ1) is 10.9. The first-order valence-corrected chi connectivity index (χ1v) is 7.93. The highest BCUT2D eigenvalue weighted by Gasteiger charge is 2.50. The molecule has 3 aliphatic rings. The molecule has 2 bridgehead atoms. The normalized spacial score (nSPS) is 29.3. The number of aromatic amines is 1. The molecule has 120 valence electrons. The van der Waals surface area contributed by atoms with Gasteiger partial charge in [-0.25, -0.2) is 0 Å². The zero-order chi connectivity index (χ0) is 15.9. The van der Waals surface area contributed by atoms with E-state index in [9.17, 15) is 18.0 Å². The third-order valence-corrected chi connectivity index (χ3v) is 5.77. The van der Waals surface area contributed by atoms with Crippen LogP contribution in [0.15, 0.2) is 18.2 Å². The number of nitrogens with zero attached hydrogens (tertiary/aromatic N) is 1. The van der Waals surface area contributed by atoms with E-state index in [1.807, 2.05) is 4.90 Å². The molecule has 2 unspecified atom stereocenters. The summed E-state index contributed by atoms with van der Waals surface area (Å²) in [5.41, 5.74) is 1.73. The van der Waals surface area contributed by atoms with Gasteiger partial charge in [-0.05, 0) is 36.5 Å². The Hall–Kier alpha value is -1.98. The van der Waals surface area contributed by atoms with Crippen molar-refractivity contribution in [3.63, 3.8) is 0 Å². The number of alkyl halides is 3. The van der Waals surface area contributed by atoms with Crippen LogP contribution in [0.5, 0.6) is 0 Å². The average molecular weight is 320 g/mol. The standard InChI is InChI=1S/C17H15F3N2O/c18-17(19,20)9-1-2-10-11-6-15(23)22-7-8-3-12(14(22)4-8)16(11)21-13(10)5-9/h1-2,5,8,12,14,21H,3-4,6-7H2/t8-,12?,14?/m1/s1. The van der Waals surface area contributed by atoms with E-state index in [-0.39, 0.29) is 17.9 Å². The lowest BCUT2D eigenvalue weighted by Crippen LogP contribution is -2.40. The number of fused-ring (bicyclic) bond motifs is 5. The van der Waals surface area contributed by atoms with E-state index in [0.717, 1.165) is 42.1 Å². The van der Waals surface area contributed by atoms with Crippen LogP contribution < -0.4 is 0 Å². The quantitative estimate of drug-likeness (QED) is 0.793. The highest BCUT2D eigenvalue weighted by atomic mass is 19.4. The molecule has 1 aromatic carbocycles. The largest absolute Gasteiger partial charge is 0.416 e. The number of nitrogens with one attached hydrogen (secondary N) is 1. The van der Waals surface area contributed by atoms with Crippen molar-refractivity contribution in [2.24, 2.45) is 5.92 Å². The number of hydrogen-bond donors (Lipinski definition) is 1. The van der Waals surface area contributed by atoms with Crippen molar-refractivity contribution >= 4 is 16.8 Å². The van der Waals surface area contributed by atoms with E-state index in [1.165, 1.54) is 12.1 Å². The van der Waals surface area contributed by atoms with Crippen molar-refractivity contribution < 1.29 is 18.0 Å². The van der Waals surface area contributed by atoms with Crippen molar-refractivity contribution in [3.8, 4) is 0 Å². The van der Waals surface area contributed by atoms with Crippen LogP contribution in [-0.4, -0.2) is 28.4 Å². The molecule has 1 N–H and O–H groups in total. The minimum absolute atomic E-state index is 0.113. The second-order valence-corrected chi connectivity index (χ2v) is 7.01. The monoisotopic (exact) mass is 320 g/mol. The van der Waals surface area contributed by atoms with Gasteiger partial charge in [0.2, 0.25) is 5.91 Å². The third-order valence-electron chi connectivity index (χ3n) is 5.77. The summed E-state index contributed by atoms with van der Waals surface area (Å²) in [6.45, 7) is 0.848. The van der Waals surface area contributed by atoms with Crippen LogP contribution >= 0.6 is 0 Å². The molecule has 6 heteroatoms. The number of piperidine rings is 1. The fourth-order valence-electron chi connectivity index (χ4n) is 4.83. The number of aromatic nitrogens is 1. The number of hydrogen-bond acceptors (Lipinski definition) is 1. The summed E-state index contributed by atoms with van der Waals surface area (Å²) in [5, 5.41) is 0.757. The highest BCUT2D eigenvalue weighted by Crippen LogP contribution is 2.50. The molecule has 1 amide bonds. The number of amides is 1. The first-order valence-electron chi connectivity index (χ1n) is 7.93. The number of H-pyrrole nitrogens is 1. The third kappa shape index (κ3) is 1.75. The maximum absolute atomic E-state index is 12.9. The van der Waals surface area contributed by atoms with Crippen molar-refractivity contribution in [2.45, 2.75) is 37.4 Å². The van der Waals surface area contributed by atoms with Gasteiger partial charge < -0.3 is 9.88 Å². The van der Waals surface area contributed by atoms with Gasteiger partial charge in [0.15, 0.2) is 0 Å². The SMILES string of the molecule is O=C1Cc2c([nH]c3cc(C(F)(F)F)ccc23)C2C[C@@H]3CC2N1C3. The zero-order valence-corrected chi connectivity index (χ0v) is 12.3. The van der Waals surface area contributed by atoms with Crippen molar-refractivity contribution in [1.82, 2.24) is 9.88 Å². The Morgan fingerprint density at radius 3 is 2.78 bits per heavy atom. The molecule has 2 fully saturated rings. The fourth-order valence-corrected chi connectivity index (χ4v) is 4.83. The van der Waals surface area contributed by atoms with Crippen LogP contribution in [0.2, 0.25) is 0 Å². The second kappa shape index (κ2) is 4.10. The van der Waals surface area contributed by atoms with Gasteiger partial charge in [0, 0.05) is 35.1 Å².